The molecular formula is C6H13N3O6. The Hall–Kier alpha value is -0.930. The highest BCUT2D eigenvalue weighted by Gasteiger charge is 2.33. The van der Waals surface area contributed by atoms with Crippen LogP contribution in [0.2, 0.25) is 0 Å². The van der Waals surface area contributed by atoms with Gasteiger partial charge in [-0.25, -0.2) is 0 Å². The number of aliphatic hydroxyl groups is 6. The molecule has 0 fully saturated rings. The van der Waals surface area contributed by atoms with E-state index in [9.17, 15) is 5.11 Å². The fourth-order valence-electron chi connectivity index (χ4n) is 0.835. The Morgan fingerprint density at radius 1 is 1.00 bits per heavy atom. The number of nitrogens with zero attached hydrogens (tertiary/aromatic N) is 3. The Morgan fingerprint density at radius 2 is 1.53 bits per heavy atom. The van der Waals surface area contributed by atoms with Crippen LogP contribution in [0, 0.1) is 0 Å². The molecule has 0 aromatic carbocycles. The third-order valence-electron chi connectivity index (χ3n) is 1.76. The molecule has 0 spiro atoms. The monoisotopic (exact) mass is 223 g/mol. The van der Waals surface area contributed by atoms with Crippen molar-refractivity contribution in [2.45, 2.75) is 30.6 Å². The second kappa shape index (κ2) is 6.53. The summed E-state index contributed by atoms with van der Waals surface area (Å²) in [5, 5.41) is 56.3. The molecule has 0 aromatic heterocycles. The van der Waals surface area contributed by atoms with Crippen LogP contribution in [-0.2, 0) is 0 Å². The summed E-state index contributed by atoms with van der Waals surface area (Å²) < 4.78 is 0. The first kappa shape index (κ1) is 14.1. The highest BCUT2D eigenvalue weighted by Crippen LogP contribution is 2.09. The molecule has 9 nitrogen and oxygen atoms in total. The van der Waals surface area contributed by atoms with Gasteiger partial charge in [0.1, 0.15) is 24.4 Å². The average molecular weight is 223 g/mol. The third kappa shape index (κ3) is 3.98. The van der Waals surface area contributed by atoms with E-state index in [2.05, 4.69) is 10.0 Å². The molecule has 0 saturated heterocycles. The van der Waals surface area contributed by atoms with Gasteiger partial charge in [-0.2, -0.15) is 0 Å². The summed E-state index contributed by atoms with van der Waals surface area (Å²) in [6.45, 7) is -0.831. The molecule has 6 N–H and O–H groups in total. The van der Waals surface area contributed by atoms with Gasteiger partial charge in [0.05, 0.1) is 6.61 Å². The van der Waals surface area contributed by atoms with Crippen LogP contribution in [0.4, 0.5) is 0 Å². The molecule has 0 aliphatic carbocycles. The molecule has 0 bridgehead atoms. The number of azide groups is 1. The number of rotatable bonds is 6. The molecular weight excluding hydrogens is 210 g/mol. The smallest absolute Gasteiger partial charge is 0.161 e. The lowest BCUT2D eigenvalue weighted by Crippen LogP contribution is -2.49. The summed E-state index contributed by atoms with van der Waals surface area (Å²) in [4.78, 5) is 2.17. The topological polar surface area (TPSA) is 170 Å². The second-order valence-corrected chi connectivity index (χ2v) is 2.84. The Labute approximate surface area is 84.5 Å². The highest BCUT2D eigenvalue weighted by molar-refractivity contribution is 4.83. The van der Waals surface area contributed by atoms with Crippen molar-refractivity contribution < 1.29 is 30.6 Å². The van der Waals surface area contributed by atoms with E-state index in [1.165, 1.54) is 0 Å². The van der Waals surface area contributed by atoms with E-state index >= 15 is 0 Å². The average Bonchev–Trinajstić information content (AvgIpc) is 2.25. The van der Waals surface area contributed by atoms with Crippen molar-refractivity contribution in [3.05, 3.63) is 10.4 Å². The van der Waals surface area contributed by atoms with Crippen LogP contribution < -0.4 is 0 Å². The van der Waals surface area contributed by atoms with E-state index in [0.29, 0.717) is 0 Å². The van der Waals surface area contributed by atoms with E-state index < -0.39 is 37.3 Å². The Morgan fingerprint density at radius 3 is 1.93 bits per heavy atom. The van der Waals surface area contributed by atoms with Crippen LogP contribution in [-0.4, -0.2) is 67.9 Å². The summed E-state index contributed by atoms with van der Waals surface area (Å²) >= 11 is 0. The quantitative estimate of drug-likeness (QED) is 0.160. The molecule has 15 heavy (non-hydrogen) atoms. The van der Waals surface area contributed by atoms with E-state index in [0.717, 1.165) is 0 Å². The molecule has 88 valence electrons. The van der Waals surface area contributed by atoms with Gasteiger partial charge in [0.15, 0.2) is 6.23 Å². The van der Waals surface area contributed by atoms with Crippen molar-refractivity contribution >= 4 is 0 Å². The normalized spacial score (nSPS) is 20.9. The van der Waals surface area contributed by atoms with Crippen molar-refractivity contribution in [3.8, 4) is 0 Å². The zero-order chi connectivity index (χ0) is 12.0. The SMILES string of the molecule is [N-]=[N+]=NC(O)[C@H](O)[C@H](O)[C@H](O)[C@H](O)CO. The van der Waals surface area contributed by atoms with E-state index in [1.54, 1.807) is 0 Å². The van der Waals surface area contributed by atoms with Crippen LogP contribution >= 0.6 is 0 Å². The van der Waals surface area contributed by atoms with Crippen LogP contribution in [0.1, 0.15) is 0 Å². The minimum absolute atomic E-state index is 0.831. The van der Waals surface area contributed by atoms with E-state index in [-0.39, 0.29) is 0 Å². The van der Waals surface area contributed by atoms with Crippen LogP contribution in [0.15, 0.2) is 5.11 Å². The maximum Gasteiger partial charge on any atom is 0.161 e. The Bertz CT molecular complexity index is 233. The molecule has 5 atom stereocenters. The lowest BCUT2D eigenvalue weighted by Gasteiger charge is -2.26. The van der Waals surface area contributed by atoms with Crippen molar-refractivity contribution in [3.63, 3.8) is 0 Å². The van der Waals surface area contributed by atoms with Gasteiger partial charge in [-0.15, -0.1) is 0 Å². The van der Waals surface area contributed by atoms with Gasteiger partial charge in [0, 0.05) is 4.91 Å². The summed E-state index contributed by atoms with van der Waals surface area (Å²) in [6, 6.07) is 0. The van der Waals surface area contributed by atoms with Gasteiger partial charge in [-0.05, 0) is 5.53 Å². The van der Waals surface area contributed by atoms with Crippen LogP contribution in [0.3, 0.4) is 0 Å². The summed E-state index contributed by atoms with van der Waals surface area (Å²) in [6.07, 6.45) is -9.41. The molecule has 0 aliphatic rings. The first-order valence-electron chi connectivity index (χ1n) is 4.01. The van der Waals surface area contributed by atoms with Crippen molar-refractivity contribution in [1.82, 2.24) is 0 Å². The van der Waals surface area contributed by atoms with Gasteiger partial charge in [0.2, 0.25) is 0 Å². The molecule has 0 saturated carbocycles. The number of hydrogen-bond donors (Lipinski definition) is 6. The summed E-state index contributed by atoms with van der Waals surface area (Å²) in [5.41, 5.74) is 7.92. The fraction of sp³-hybridized carbons (Fsp3) is 1.00. The minimum Gasteiger partial charge on any atom is -0.394 e. The van der Waals surface area contributed by atoms with Crippen LogP contribution in [0.5, 0.6) is 0 Å². The number of hydrogen-bond acceptors (Lipinski definition) is 7. The van der Waals surface area contributed by atoms with Gasteiger partial charge in [0.25, 0.3) is 0 Å². The summed E-state index contributed by atoms with van der Waals surface area (Å²) in [7, 11) is 0. The lowest BCUT2D eigenvalue weighted by atomic mass is 10.0. The third-order valence-corrected chi connectivity index (χ3v) is 1.76. The molecule has 0 rings (SSSR count). The highest BCUT2D eigenvalue weighted by atomic mass is 16.4. The maximum absolute atomic E-state index is 9.17. The van der Waals surface area contributed by atoms with E-state index in [1.807, 2.05) is 0 Å². The maximum atomic E-state index is 9.17. The summed E-state index contributed by atoms with van der Waals surface area (Å²) in [5.74, 6) is 0. The molecule has 0 heterocycles. The van der Waals surface area contributed by atoms with Crippen molar-refractivity contribution in [2.24, 2.45) is 5.11 Å². The Kier molecular flexibility index (Phi) is 6.13. The minimum atomic E-state index is -1.96. The molecule has 9 heteroatoms. The lowest BCUT2D eigenvalue weighted by molar-refractivity contribution is -0.138. The van der Waals surface area contributed by atoms with E-state index in [4.69, 9.17) is 31.1 Å². The van der Waals surface area contributed by atoms with Crippen molar-refractivity contribution in [1.29, 1.82) is 0 Å². The first-order valence-corrected chi connectivity index (χ1v) is 4.01. The Balaban J connectivity index is 4.41. The zero-order valence-corrected chi connectivity index (χ0v) is 7.62. The predicted octanol–water partition coefficient (Wildman–Crippen LogP) is -2.95. The van der Waals surface area contributed by atoms with Gasteiger partial charge >= 0.3 is 0 Å². The van der Waals surface area contributed by atoms with Crippen LogP contribution in [0.25, 0.3) is 10.4 Å². The predicted molar refractivity (Wildman–Crippen MR) is 46.3 cm³/mol. The molecule has 0 radical (unpaired) electrons. The zero-order valence-electron chi connectivity index (χ0n) is 7.62. The van der Waals surface area contributed by atoms with Gasteiger partial charge in [-0.3, -0.25) is 0 Å². The molecule has 0 aliphatic heterocycles. The van der Waals surface area contributed by atoms with Crippen molar-refractivity contribution in [2.75, 3.05) is 6.61 Å². The van der Waals surface area contributed by atoms with Gasteiger partial charge < -0.3 is 30.6 Å². The largest absolute Gasteiger partial charge is 0.394 e. The standard InChI is InChI=1S/C6H13N3O6/c7-9-8-6(15)5(14)4(13)3(12)2(11)1-10/h2-6,10-15H,1H2/t2-,3-,4-,5-,6?/m1/s1. The molecule has 0 amide bonds. The molecule has 1 unspecified atom stereocenters. The second-order valence-electron chi connectivity index (χ2n) is 2.84. The fourth-order valence-corrected chi connectivity index (χ4v) is 0.835. The molecule has 0 aromatic rings. The van der Waals surface area contributed by atoms with Gasteiger partial charge in [-0.1, -0.05) is 5.11 Å². The number of aliphatic hydroxyl groups excluding tert-OH is 6. The first-order chi connectivity index (χ1) is 6.95.